The molecule has 19 heavy (non-hydrogen) atoms. The number of ether oxygens (including phenoxy) is 1. The molecule has 0 bridgehead atoms. The first-order chi connectivity index (χ1) is 9.02. The first kappa shape index (κ1) is 13.8. The molecule has 1 aromatic carbocycles. The molecule has 0 unspecified atom stereocenters. The molecule has 0 N–H and O–H groups in total. The Balaban J connectivity index is 2.38. The molecule has 1 aliphatic carbocycles. The van der Waals surface area contributed by atoms with Gasteiger partial charge >= 0.3 is 5.97 Å². The van der Waals surface area contributed by atoms with Crippen molar-refractivity contribution >= 4 is 11.8 Å². The number of hydrogen-bond acceptors (Lipinski definition) is 3. The Morgan fingerprint density at radius 3 is 2.79 bits per heavy atom. The first-order valence-electron chi connectivity index (χ1n) is 6.73. The summed E-state index contributed by atoms with van der Waals surface area (Å²) in [5.74, 6) is -0.201. The highest BCUT2D eigenvalue weighted by Gasteiger charge is 2.42. The van der Waals surface area contributed by atoms with E-state index in [2.05, 4.69) is 6.07 Å². The average molecular weight is 260 g/mol. The van der Waals surface area contributed by atoms with E-state index in [0.29, 0.717) is 6.42 Å². The molecular formula is C16H20O3. The summed E-state index contributed by atoms with van der Waals surface area (Å²) in [7, 11) is 1.37. The van der Waals surface area contributed by atoms with Crippen molar-refractivity contribution in [2.75, 3.05) is 7.11 Å². The fourth-order valence-electron chi connectivity index (χ4n) is 2.90. The Bertz CT molecular complexity index is 519. The summed E-state index contributed by atoms with van der Waals surface area (Å²) < 4.78 is 4.74. The molecule has 1 aliphatic rings. The van der Waals surface area contributed by atoms with E-state index in [1.54, 1.807) is 0 Å². The molecule has 2 rings (SSSR count). The summed E-state index contributed by atoms with van der Waals surface area (Å²) in [6, 6.07) is 5.93. The quantitative estimate of drug-likeness (QED) is 0.784. The van der Waals surface area contributed by atoms with E-state index in [1.165, 1.54) is 12.7 Å². The summed E-state index contributed by atoms with van der Waals surface area (Å²) in [5.41, 5.74) is 2.49. The molecule has 1 aromatic rings. The van der Waals surface area contributed by atoms with Crippen molar-refractivity contribution in [2.24, 2.45) is 5.41 Å². The van der Waals surface area contributed by atoms with Gasteiger partial charge in [0.05, 0.1) is 13.5 Å². The normalized spacial score (nSPS) is 21.9. The number of aryl methyl sites for hydroxylation is 2. The highest BCUT2D eigenvalue weighted by atomic mass is 16.5. The summed E-state index contributed by atoms with van der Waals surface area (Å²) in [5, 5.41) is 0. The van der Waals surface area contributed by atoms with Crippen LogP contribution in [0.3, 0.4) is 0 Å². The van der Waals surface area contributed by atoms with Gasteiger partial charge in [-0.2, -0.15) is 0 Å². The number of Topliss-reactive ketones (excluding diaryl/α,β-unsaturated/α-hetero) is 1. The van der Waals surface area contributed by atoms with Gasteiger partial charge < -0.3 is 4.74 Å². The fraction of sp³-hybridized carbons (Fsp3) is 0.500. The molecule has 0 aliphatic heterocycles. The van der Waals surface area contributed by atoms with Gasteiger partial charge in [-0.25, -0.2) is 0 Å². The number of rotatable bonds is 3. The molecule has 1 atom stereocenters. The smallest absolute Gasteiger partial charge is 0.306 e. The number of carbonyl (C=O) groups excluding carboxylic acids is 2. The number of carbonyl (C=O) groups is 2. The molecule has 0 fully saturated rings. The van der Waals surface area contributed by atoms with Crippen molar-refractivity contribution in [1.82, 2.24) is 0 Å². The largest absolute Gasteiger partial charge is 0.469 e. The van der Waals surface area contributed by atoms with Gasteiger partial charge in [0.25, 0.3) is 0 Å². The molecule has 3 nitrogen and oxygen atoms in total. The Labute approximate surface area is 114 Å². The fourth-order valence-corrected chi connectivity index (χ4v) is 2.90. The number of benzene rings is 1. The number of esters is 1. The third-order valence-electron chi connectivity index (χ3n) is 4.25. The topological polar surface area (TPSA) is 43.4 Å². The van der Waals surface area contributed by atoms with Gasteiger partial charge in [-0.1, -0.05) is 30.7 Å². The lowest BCUT2D eigenvalue weighted by Gasteiger charge is -2.35. The number of ketones is 1. The average Bonchev–Trinajstić information content (AvgIpc) is 2.42. The van der Waals surface area contributed by atoms with Crippen molar-refractivity contribution in [3.63, 3.8) is 0 Å². The highest BCUT2D eigenvalue weighted by molar-refractivity contribution is 6.04. The summed E-state index contributed by atoms with van der Waals surface area (Å²) in [6.07, 6.45) is 2.45. The minimum Gasteiger partial charge on any atom is -0.469 e. The van der Waals surface area contributed by atoms with E-state index >= 15 is 0 Å². The van der Waals surface area contributed by atoms with Gasteiger partial charge in [0.2, 0.25) is 0 Å². The van der Waals surface area contributed by atoms with Gasteiger partial charge in [-0.3, -0.25) is 9.59 Å². The Morgan fingerprint density at radius 2 is 2.16 bits per heavy atom. The lowest BCUT2D eigenvalue weighted by atomic mass is 9.67. The minimum absolute atomic E-state index is 0.0988. The molecule has 0 heterocycles. The van der Waals surface area contributed by atoms with Crippen LogP contribution in [-0.4, -0.2) is 18.9 Å². The lowest BCUT2D eigenvalue weighted by Crippen LogP contribution is -2.37. The maximum Gasteiger partial charge on any atom is 0.306 e. The van der Waals surface area contributed by atoms with Crippen LogP contribution in [-0.2, 0) is 16.0 Å². The third-order valence-corrected chi connectivity index (χ3v) is 4.25. The Morgan fingerprint density at radius 1 is 1.42 bits per heavy atom. The first-order valence-corrected chi connectivity index (χ1v) is 6.73. The van der Waals surface area contributed by atoms with Gasteiger partial charge in [-0.05, 0) is 31.7 Å². The Kier molecular flexibility index (Phi) is 3.74. The predicted molar refractivity (Wildman–Crippen MR) is 73.2 cm³/mol. The molecule has 0 aromatic heterocycles. The van der Waals surface area contributed by atoms with Crippen LogP contribution in [0.15, 0.2) is 18.2 Å². The SMILES string of the molecule is CC[C@@]1(CC(=O)OC)CCc2cc(C)ccc2C1=O. The van der Waals surface area contributed by atoms with Crippen LogP contribution < -0.4 is 0 Å². The van der Waals surface area contributed by atoms with E-state index in [0.717, 1.165) is 24.0 Å². The van der Waals surface area contributed by atoms with Crippen LogP contribution in [0.25, 0.3) is 0 Å². The number of fused-ring (bicyclic) bond motifs is 1. The minimum atomic E-state index is -0.574. The monoisotopic (exact) mass is 260 g/mol. The zero-order chi connectivity index (χ0) is 14.0. The standard InChI is InChI=1S/C16H20O3/c1-4-16(10-14(17)19-3)8-7-12-9-11(2)5-6-13(12)15(16)18/h5-6,9H,4,7-8,10H2,1-3H3/t16-/m0/s1. The highest BCUT2D eigenvalue weighted by Crippen LogP contribution is 2.41. The van der Waals surface area contributed by atoms with Crippen molar-refractivity contribution in [1.29, 1.82) is 0 Å². The van der Waals surface area contributed by atoms with Crippen molar-refractivity contribution in [2.45, 2.75) is 39.5 Å². The van der Waals surface area contributed by atoms with E-state index in [1.807, 2.05) is 26.0 Å². The second kappa shape index (κ2) is 5.16. The van der Waals surface area contributed by atoms with E-state index in [9.17, 15) is 9.59 Å². The van der Waals surface area contributed by atoms with Crippen LogP contribution in [0.1, 0.15) is 47.7 Å². The molecule has 0 saturated heterocycles. The van der Waals surface area contributed by atoms with Gasteiger partial charge in [0.15, 0.2) is 5.78 Å². The van der Waals surface area contributed by atoms with E-state index in [4.69, 9.17) is 4.74 Å². The van der Waals surface area contributed by atoms with Crippen molar-refractivity contribution in [3.8, 4) is 0 Å². The van der Waals surface area contributed by atoms with Crippen LogP contribution in [0.4, 0.5) is 0 Å². The molecule has 0 spiro atoms. The molecule has 3 heteroatoms. The zero-order valence-corrected chi connectivity index (χ0v) is 11.8. The van der Waals surface area contributed by atoms with Gasteiger partial charge in [-0.15, -0.1) is 0 Å². The number of hydrogen-bond donors (Lipinski definition) is 0. The Hall–Kier alpha value is -1.64. The molecule has 102 valence electrons. The van der Waals surface area contributed by atoms with Crippen molar-refractivity contribution < 1.29 is 14.3 Å². The maximum absolute atomic E-state index is 12.7. The van der Waals surface area contributed by atoms with Gasteiger partial charge in [0.1, 0.15) is 0 Å². The molecule has 0 saturated carbocycles. The van der Waals surface area contributed by atoms with Gasteiger partial charge in [0, 0.05) is 11.0 Å². The summed E-state index contributed by atoms with van der Waals surface area (Å²) >= 11 is 0. The van der Waals surface area contributed by atoms with Crippen LogP contribution in [0, 0.1) is 12.3 Å². The maximum atomic E-state index is 12.7. The molecular weight excluding hydrogens is 240 g/mol. The van der Waals surface area contributed by atoms with Crippen molar-refractivity contribution in [3.05, 3.63) is 34.9 Å². The number of methoxy groups -OCH3 is 1. The van der Waals surface area contributed by atoms with Crippen LogP contribution >= 0.6 is 0 Å². The van der Waals surface area contributed by atoms with Crippen LogP contribution in [0.2, 0.25) is 0 Å². The van der Waals surface area contributed by atoms with Crippen LogP contribution in [0.5, 0.6) is 0 Å². The zero-order valence-electron chi connectivity index (χ0n) is 11.8. The second-order valence-corrected chi connectivity index (χ2v) is 5.38. The summed E-state index contributed by atoms with van der Waals surface area (Å²) in [6.45, 7) is 4.00. The van der Waals surface area contributed by atoms with E-state index in [-0.39, 0.29) is 18.2 Å². The third kappa shape index (κ3) is 2.42. The second-order valence-electron chi connectivity index (χ2n) is 5.38. The predicted octanol–water partition coefficient (Wildman–Crippen LogP) is 3.08. The molecule has 0 amide bonds. The molecule has 0 radical (unpaired) electrons. The lowest BCUT2D eigenvalue weighted by molar-refractivity contribution is -0.143. The summed E-state index contributed by atoms with van der Waals surface area (Å²) in [4.78, 5) is 24.3. The van der Waals surface area contributed by atoms with E-state index < -0.39 is 5.41 Å².